The van der Waals surface area contributed by atoms with Crippen molar-refractivity contribution in [3.8, 4) is 11.4 Å². The molecule has 3 aromatic rings. The Labute approximate surface area is 183 Å². The van der Waals surface area contributed by atoms with Crippen LogP contribution in [0.15, 0.2) is 47.2 Å². The molecule has 0 amide bonds. The molecular formula is C24H30N4O3. The Morgan fingerprint density at radius 2 is 1.90 bits per heavy atom. The molecule has 1 saturated heterocycles. The molecule has 31 heavy (non-hydrogen) atoms. The molecule has 1 aliphatic heterocycles. The van der Waals surface area contributed by atoms with Gasteiger partial charge in [0.2, 0.25) is 5.82 Å². The zero-order chi connectivity index (χ0) is 22.2. The average Bonchev–Trinajstić information content (AvgIpc) is 3.21. The zero-order valence-electron chi connectivity index (χ0n) is 18.8. The maximum absolute atomic E-state index is 12.3. The summed E-state index contributed by atoms with van der Waals surface area (Å²) in [5.74, 6) is 1.25. The Morgan fingerprint density at radius 1 is 1.19 bits per heavy atom. The van der Waals surface area contributed by atoms with Crippen LogP contribution in [0.25, 0.3) is 11.4 Å². The first-order chi connectivity index (χ1) is 14.8. The molecule has 0 aliphatic carbocycles. The Morgan fingerprint density at radius 3 is 2.52 bits per heavy atom. The molecule has 1 fully saturated rings. The molecule has 7 heteroatoms. The molecule has 0 unspecified atom stereocenters. The number of hydrogen-bond acceptors (Lipinski definition) is 7. The van der Waals surface area contributed by atoms with Gasteiger partial charge in [-0.15, -0.1) is 0 Å². The Bertz CT molecular complexity index is 1040. The highest BCUT2D eigenvalue weighted by atomic mass is 16.5. The summed E-state index contributed by atoms with van der Waals surface area (Å²) in [5.41, 5.74) is 1.94. The van der Waals surface area contributed by atoms with Crippen molar-refractivity contribution in [3.05, 3.63) is 65.3 Å². The molecule has 1 atom stereocenters. The summed E-state index contributed by atoms with van der Waals surface area (Å²) in [6.45, 7) is 8.26. The molecule has 1 aromatic carbocycles. The highest BCUT2D eigenvalue weighted by molar-refractivity contribution is 5.56. The van der Waals surface area contributed by atoms with Gasteiger partial charge in [0.05, 0.1) is 0 Å². The summed E-state index contributed by atoms with van der Waals surface area (Å²) in [6, 6.07) is 10.2. The minimum absolute atomic E-state index is 0.247. The number of aliphatic hydroxyl groups is 1. The summed E-state index contributed by atoms with van der Waals surface area (Å²) < 4.78 is 10.3. The van der Waals surface area contributed by atoms with Crippen molar-refractivity contribution in [1.29, 1.82) is 0 Å². The van der Waals surface area contributed by atoms with Gasteiger partial charge in [-0.25, -0.2) is 0 Å². The van der Waals surface area contributed by atoms with E-state index in [2.05, 4.69) is 60.0 Å². The second kappa shape index (κ2) is 8.15. The minimum atomic E-state index is -1.21. The van der Waals surface area contributed by atoms with Crippen LogP contribution in [-0.2, 0) is 16.9 Å². The highest BCUT2D eigenvalue weighted by Crippen LogP contribution is 2.50. The second-order valence-electron chi connectivity index (χ2n) is 9.13. The van der Waals surface area contributed by atoms with Crippen LogP contribution in [0.1, 0.15) is 49.3 Å². The van der Waals surface area contributed by atoms with E-state index in [1.165, 1.54) is 5.56 Å². The zero-order valence-corrected chi connectivity index (χ0v) is 18.8. The average molecular weight is 423 g/mol. The van der Waals surface area contributed by atoms with E-state index in [4.69, 9.17) is 9.26 Å². The number of rotatable bonds is 7. The van der Waals surface area contributed by atoms with Crippen LogP contribution in [0.5, 0.6) is 0 Å². The predicted octanol–water partition coefficient (Wildman–Crippen LogP) is 3.59. The number of methoxy groups -OCH3 is 1. The van der Waals surface area contributed by atoms with Crippen LogP contribution in [-0.4, -0.2) is 52.4 Å². The molecule has 164 valence electrons. The molecule has 0 spiro atoms. The maximum atomic E-state index is 12.3. The number of likely N-dealkylation sites (tertiary alicyclic amines) is 1. The number of nitrogens with zero attached hydrogens (tertiary/aromatic N) is 4. The number of benzene rings is 1. The number of aromatic nitrogens is 3. The summed E-state index contributed by atoms with van der Waals surface area (Å²) in [4.78, 5) is 11.0. The largest absolute Gasteiger partial charge is 0.380 e. The Hall–Kier alpha value is -2.61. The van der Waals surface area contributed by atoms with Crippen molar-refractivity contribution in [1.82, 2.24) is 20.0 Å². The first-order valence-corrected chi connectivity index (χ1v) is 10.6. The molecule has 7 nitrogen and oxygen atoms in total. The molecule has 1 N–H and O–H groups in total. The lowest BCUT2D eigenvalue weighted by Gasteiger charge is -2.55. The lowest BCUT2D eigenvalue weighted by atomic mass is 9.62. The lowest BCUT2D eigenvalue weighted by molar-refractivity contribution is -0.127. The predicted molar refractivity (Wildman–Crippen MR) is 117 cm³/mol. The first-order valence-electron chi connectivity index (χ1n) is 10.6. The van der Waals surface area contributed by atoms with Crippen molar-refractivity contribution in [2.24, 2.45) is 5.41 Å². The van der Waals surface area contributed by atoms with Gasteiger partial charge in [-0.05, 0) is 30.2 Å². The second-order valence-corrected chi connectivity index (χ2v) is 9.13. The van der Waals surface area contributed by atoms with E-state index >= 15 is 0 Å². The maximum Gasteiger partial charge on any atom is 0.252 e. The van der Waals surface area contributed by atoms with E-state index < -0.39 is 5.60 Å². The van der Waals surface area contributed by atoms with Gasteiger partial charge in [0.25, 0.3) is 5.89 Å². The molecule has 0 saturated carbocycles. The number of hydrogen-bond donors (Lipinski definition) is 1. The molecule has 2 aromatic heterocycles. The first kappa shape index (κ1) is 21.6. The van der Waals surface area contributed by atoms with E-state index in [1.807, 2.05) is 18.2 Å². The lowest BCUT2D eigenvalue weighted by Crippen LogP contribution is -2.63. The topological polar surface area (TPSA) is 84.5 Å². The Kier molecular flexibility index (Phi) is 5.68. The van der Waals surface area contributed by atoms with Gasteiger partial charge in [0, 0.05) is 49.1 Å². The van der Waals surface area contributed by atoms with Crippen molar-refractivity contribution < 1.29 is 14.4 Å². The van der Waals surface area contributed by atoms with Crippen LogP contribution in [0.3, 0.4) is 0 Å². The molecule has 0 bridgehead atoms. The van der Waals surface area contributed by atoms with Crippen LogP contribution < -0.4 is 0 Å². The summed E-state index contributed by atoms with van der Waals surface area (Å²) in [7, 11) is 3.64. The third-order valence-corrected chi connectivity index (χ3v) is 6.26. The van der Waals surface area contributed by atoms with Crippen molar-refractivity contribution >= 4 is 0 Å². The van der Waals surface area contributed by atoms with Crippen LogP contribution in [0, 0.1) is 5.41 Å². The molecule has 0 radical (unpaired) electrons. The van der Waals surface area contributed by atoms with Crippen molar-refractivity contribution in [2.45, 2.75) is 38.9 Å². The molecular weight excluding hydrogens is 392 g/mol. The summed E-state index contributed by atoms with van der Waals surface area (Å²) in [6.07, 6.45) is 3.42. The van der Waals surface area contributed by atoms with Crippen LogP contribution in [0.2, 0.25) is 0 Å². The Balaban J connectivity index is 1.79. The fourth-order valence-corrected chi connectivity index (χ4v) is 4.66. The van der Waals surface area contributed by atoms with Gasteiger partial charge in [-0.2, -0.15) is 4.98 Å². The molecule has 1 aliphatic rings. The fourth-order valence-electron chi connectivity index (χ4n) is 4.66. The van der Waals surface area contributed by atoms with Gasteiger partial charge < -0.3 is 19.3 Å². The summed E-state index contributed by atoms with van der Waals surface area (Å²) >= 11 is 0. The fraction of sp³-hybridized carbons (Fsp3) is 0.458. The van der Waals surface area contributed by atoms with Gasteiger partial charge >= 0.3 is 0 Å². The minimum Gasteiger partial charge on any atom is -0.380 e. The highest BCUT2D eigenvalue weighted by Gasteiger charge is 2.55. The van der Waals surface area contributed by atoms with E-state index in [9.17, 15) is 5.11 Å². The van der Waals surface area contributed by atoms with Crippen LogP contribution >= 0.6 is 0 Å². The monoisotopic (exact) mass is 422 g/mol. The van der Waals surface area contributed by atoms with Crippen LogP contribution in [0.4, 0.5) is 0 Å². The van der Waals surface area contributed by atoms with Crippen molar-refractivity contribution in [2.75, 3.05) is 27.2 Å². The van der Waals surface area contributed by atoms with Gasteiger partial charge in [-0.1, -0.05) is 50.2 Å². The smallest absolute Gasteiger partial charge is 0.252 e. The molecule has 4 rings (SSSR count). The van der Waals surface area contributed by atoms with E-state index in [0.29, 0.717) is 23.2 Å². The molecule has 3 heterocycles. The van der Waals surface area contributed by atoms with Crippen molar-refractivity contribution in [3.63, 3.8) is 0 Å². The standard InChI is InChI=1S/C24H30N4O3/c1-16(2)17-6-8-19(9-7-17)24(29,23(3)14-28(4)15-23)20-10-18(11-25-12-20)22-26-21(13-30-5)31-27-22/h6-12,16,29H,13-15H2,1-5H3/t24-/m0/s1. The normalized spacial score (nSPS) is 18.0. The number of ether oxygens (including phenoxy) is 1. The van der Waals surface area contributed by atoms with Gasteiger partial charge in [0.1, 0.15) is 12.2 Å². The van der Waals surface area contributed by atoms with Gasteiger partial charge in [0.15, 0.2) is 0 Å². The van der Waals surface area contributed by atoms with Gasteiger partial charge in [-0.3, -0.25) is 4.98 Å². The number of pyridine rings is 1. The SMILES string of the molecule is COCc1nc(-c2cncc([C@@](O)(c3ccc(C(C)C)cc3)C3(C)CN(C)C3)c2)no1. The quantitative estimate of drug-likeness (QED) is 0.623. The van der Waals surface area contributed by atoms with E-state index in [0.717, 1.165) is 24.2 Å². The summed E-state index contributed by atoms with van der Waals surface area (Å²) in [5, 5.41) is 16.3. The third kappa shape index (κ3) is 3.78. The van der Waals surface area contributed by atoms with E-state index in [-0.39, 0.29) is 12.0 Å². The third-order valence-electron chi connectivity index (χ3n) is 6.26. The van der Waals surface area contributed by atoms with E-state index in [1.54, 1.807) is 19.5 Å².